The van der Waals surface area contributed by atoms with Crippen molar-refractivity contribution >= 4 is 10.0 Å². The summed E-state index contributed by atoms with van der Waals surface area (Å²) in [5, 5.41) is 0. The number of nitrogens with zero attached hydrogens (tertiary/aromatic N) is 1. The number of hydrogen-bond donors (Lipinski definition) is 1. The van der Waals surface area contributed by atoms with Crippen molar-refractivity contribution in [3.8, 4) is 5.75 Å². The number of methoxy groups -OCH3 is 1. The molecule has 0 radical (unpaired) electrons. The third-order valence-corrected chi connectivity index (χ3v) is 5.85. The molecule has 23 heavy (non-hydrogen) atoms. The second-order valence-corrected chi connectivity index (χ2v) is 7.46. The molecular weight excluding hydrogens is 316 g/mol. The van der Waals surface area contributed by atoms with E-state index in [1.54, 1.807) is 26.2 Å². The van der Waals surface area contributed by atoms with Gasteiger partial charge >= 0.3 is 0 Å². The average Bonchev–Trinajstić information content (AvgIpc) is 2.55. The Bertz CT molecular complexity index is 625. The highest BCUT2D eigenvalue weighted by Crippen LogP contribution is 2.26. The van der Waals surface area contributed by atoms with E-state index >= 15 is 0 Å². The van der Waals surface area contributed by atoms with Crippen molar-refractivity contribution in [2.75, 3.05) is 46.5 Å². The number of sulfonamides is 1. The highest BCUT2D eigenvalue weighted by Gasteiger charge is 2.19. The molecule has 0 aromatic heterocycles. The molecule has 0 spiro atoms. The van der Waals surface area contributed by atoms with Crippen LogP contribution < -0.4 is 9.46 Å². The Morgan fingerprint density at radius 2 is 1.91 bits per heavy atom. The predicted molar refractivity (Wildman–Crippen MR) is 89.5 cm³/mol. The van der Waals surface area contributed by atoms with Crippen molar-refractivity contribution in [1.29, 1.82) is 0 Å². The van der Waals surface area contributed by atoms with E-state index in [-0.39, 0.29) is 0 Å². The van der Waals surface area contributed by atoms with E-state index in [4.69, 9.17) is 9.47 Å². The van der Waals surface area contributed by atoms with Crippen LogP contribution in [0.2, 0.25) is 0 Å². The van der Waals surface area contributed by atoms with Crippen LogP contribution in [0.4, 0.5) is 0 Å². The van der Waals surface area contributed by atoms with E-state index in [1.165, 1.54) is 0 Å². The first-order valence-electron chi connectivity index (χ1n) is 7.89. The van der Waals surface area contributed by atoms with E-state index in [2.05, 4.69) is 9.62 Å². The normalized spacial score (nSPS) is 16.5. The molecule has 0 unspecified atom stereocenters. The van der Waals surface area contributed by atoms with Gasteiger partial charge in [-0.05, 0) is 50.1 Å². The molecule has 0 saturated carbocycles. The molecule has 1 fully saturated rings. The Labute approximate surface area is 138 Å². The summed E-state index contributed by atoms with van der Waals surface area (Å²) in [6.45, 7) is 8.35. The Kier molecular flexibility index (Phi) is 6.41. The van der Waals surface area contributed by atoms with Crippen molar-refractivity contribution in [3.05, 3.63) is 23.3 Å². The summed E-state index contributed by atoms with van der Waals surface area (Å²) in [4.78, 5) is 2.61. The fraction of sp³-hybridized carbons (Fsp3) is 0.625. The minimum atomic E-state index is -3.49. The van der Waals surface area contributed by atoms with Gasteiger partial charge < -0.3 is 9.47 Å². The quantitative estimate of drug-likeness (QED) is 0.757. The molecule has 1 aromatic rings. The van der Waals surface area contributed by atoms with Gasteiger partial charge in [0.2, 0.25) is 10.0 Å². The van der Waals surface area contributed by atoms with Crippen LogP contribution in [-0.4, -0.2) is 59.8 Å². The van der Waals surface area contributed by atoms with Crippen molar-refractivity contribution in [2.24, 2.45) is 0 Å². The molecule has 0 atom stereocenters. The van der Waals surface area contributed by atoms with Gasteiger partial charge in [0.15, 0.2) is 0 Å². The van der Waals surface area contributed by atoms with Crippen molar-refractivity contribution in [2.45, 2.75) is 25.2 Å². The summed E-state index contributed by atoms with van der Waals surface area (Å²) >= 11 is 0. The van der Waals surface area contributed by atoms with Crippen LogP contribution in [0, 0.1) is 13.8 Å². The monoisotopic (exact) mass is 342 g/mol. The molecule has 6 nitrogen and oxygen atoms in total. The molecule has 7 heteroatoms. The molecule has 2 rings (SSSR count). The smallest absolute Gasteiger partial charge is 0.240 e. The lowest BCUT2D eigenvalue weighted by Crippen LogP contribution is -2.38. The maximum Gasteiger partial charge on any atom is 0.240 e. The van der Waals surface area contributed by atoms with Gasteiger partial charge in [0, 0.05) is 19.6 Å². The zero-order valence-corrected chi connectivity index (χ0v) is 14.9. The highest BCUT2D eigenvalue weighted by molar-refractivity contribution is 7.89. The van der Waals surface area contributed by atoms with Crippen molar-refractivity contribution < 1.29 is 17.9 Å². The zero-order valence-electron chi connectivity index (χ0n) is 14.1. The number of morpholine rings is 1. The fourth-order valence-electron chi connectivity index (χ4n) is 2.69. The van der Waals surface area contributed by atoms with Crippen LogP contribution in [0.3, 0.4) is 0 Å². The highest BCUT2D eigenvalue weighted by atomic mass is 32.2. The molecule has 1 aliphatic rings. The third-order valence-electron chi connectivity index (χ3n) is 4.24. The van der Waals surface area contributed by atoms with Crippen molar-refractivity contribution in [3.63, 3.8) is 0 Å². The van der Waals surface area contributed by atoms with Gasteiger partial charge in [0.05, 0.1) is 25.2 Å². The first kappa shape index (κ1) is 18.2. The second kappa shape index (κ2) is 8.10. The Hall–Kier alpha value is -1.15. The minimum absolute atomic E-state index is 0.321. The van der Waals surface area contributed by atoms with Crippen LogP contribution in [0.15, 0.2) is 17.0 Å². The molecule has 1 aromatic carbocycles. The molecule has 0 aliphatic carbocycles. The van der Waals surface area contributed by atoms with Crippen LogP contribution in [0.1, 0.15) is 17.5 Å². The largest absolute Gasteiger partial charge is 0.496 e. The second-order valence-electron chi connectivity index (χ2n) is 5.72. The lowest BCUT2D eigenvalue weighted by atomic mass is 10.1. The van der Waals surface area contributed by atoms with E-state index in [0.717, 1.165) is 50.4 Å². The maximum atomic E-state index is 12.5. The lowest BCUT2D eigenvalue weighted by molar-refractivity contribution is 0.0376. The third kappa shape index (κ3) is 4.67. The zero-order chi connectivity index (χ0) is 16.9. The topological polar surface area (TPSA) is 67.9 Å². The first-order valence-corrected chi connectivity index (χ1v) is 9.38. The Balaban J connectivity index is 1.92. The van der Waals surface area contributed by atoms with Gasteiger partial charge in [-0.1, -0.05) is 0 Å². The standard InChI is InChI=1S/C16H26N2O4S/c1-13-14(2)16(6-5-15(13)21-3)23(19,20)17-7-4-8-18-9-11-22-12-10-18/h5-6,17H,4,7-12H2,1-3H3. The summed E-state index contributed by atoms with van der Waals surface area (Å²) in [7, 11) is -1.91. The van der Waals surface area contributed by atoms with Gasteiger partial charge in [-0.25, -0.2) is 13.1 Å². The number of benzene rings is 1. The summed E-state index contributed by atoms with van der Waals surface area (Å²) < 4.78 is 38.2. The molecule has 130 valence electrons. The fourth-order valence-corrected chi connectivity index (χ4v) is 4.07. The van der Waals surface area contributed by atoms with Gasteiger partial charge in [0.1, 0.15) is 5.75 Å². The van der Waals surface area contributed by atoms with Crippen LogP contribution >= 0.6 is 0 Å². The first-order chi connectivity index (χ1) is 11.0. The molecule has 1 heterocycles. The van der Waals surface area contributed by atoms with E-state index in [0.29, 0.717) is 17.2 Å². The Morgan fingerprint density at radius 3 is 2.57 bits per heavy atom. The molecule has 0 bridgehead atoms. The number of nitrogens with one attached hydrogen (secondary N) is 1. The summed E-state index contributed by atoms with van der Waals surface area (Å²) in [5.74, 6) is 0.703. The molecule has 1 saturated heterocycles. The molecule has 1 N–H and O–H groups in total. The lowest BCUT2D eigenvalue weighted by Gasteiger charge is -2.26. The van der Waals surface area contributed by atoms with Crippen molar-refractivity contribution in [1.82, 2.24) is 9.62 Å². The van der Waals surface area contributed by atoms with E-state index in [9.17, 15) is 8.42 Å². The van der Waals surface area contributed by atoms with Crippen LogP contribution in [-0.2, 0) is 14.8 Å². The number of hydrogen-bond acceptors (Lipinski definition) is 5. The molecule has 1 aliphatic heterocycles. The van der Waals surface area contributed by atoms with Gasteiger partial charge in [0.25, 0.3) is 0 Å². The SMILES string of the molecule is COc1ccc(S(=O)(=O)NCCCN2CCOCC2)c(C)c1C. The Morgan fingerprint density at radius 1 is 1.22 bits per heavy atom. The number of rotatable bonds is 7. The van der Waals surface area contributed by atoms with Crippen LogP contribution in [0.25, 0.3) is 0 Å². The van der Waals surface area contributed by atoms with E-state index in [1.807, 2.05) is 6.92 Å². The predicted octanol–water partition coefficient (Wildman–Crippen LogP) is 1.31. The summed E-state index contributed by atoms with van der Waals surface area (Å²) in [5.41, 5.74) is 1.58. The van der Waals surface area contributed by atoms with E-state index < -0.39 is 10.0 Å². The van der Waals surface area contributed by atoms with Crippen LogP contribution in [0.5, 0.6) is 5.75 Å². The summed E-state index contributed by atoms with van der Waals surface area (Å²) in [6, 6.07) is 3.30. The average molecular weight is 342 g/mol. The molecular formula is C16H26N2O4S. The van der Waals surface area contributed by atoms with Gasteiger partial charge in [-0.2, -0.15) is 0 Å². The maximum absolute atomic E-state index is 12.5. The van der Waals surface area contributed by atoms with Gasteiger partial charge in [-0.15, -0.1) is 0 Å². The number of ether oxygens (including phenoxy) is 2. The molecule has 0 amide bonds. The van der Waals surface area contributed by atoms with Gasteiger partial charge in [-0.3, -0.25) is 4.90 Å². The summed E-state index contributed by atoms with van der Waals surface area (Å²) in [6.07, 6.45) is 0.785. The minimum Gasteiger partial charge on any atom is -0.496 e.